The molecule has 1 aliphatic heterocycles. The van der Waals surface area contributed by atoms with Crippen molar-refractivity contribution in [1.29, 1.82) is 0 Å². The van der Waals surface area contributed by atoms with Crippen LogP contribution in [0, 0.1) is 0 Å². The maximum atomic E-state index is 11.1. The minimum Gasteiger partial charge on any atom is -0.323 e. The summed E-state index contributed by atoms with van der Waals surface area (Å²) in [4.78, 5) is 35.7. The molecule has 1 aliphatic rings. The molecule has 11 heteroatoms. The summed E-state index contributed by atoms with van der Waals surface area (Å²) in [5, 5.41) is 0. The molecule has 8 nitrogen and oxygen atoms in total. The summed E-state index contributed by atoms with van der Waals surface area (Å²) in [6.07, 6.45) is -0.612. The van der Waals surface area contributed by atoms with E-state index < -0.39 is 33.8 Å². The molecule has 0 saturated carbocycles. The van der Waals surface area contributed by atoms with Crippen LogP contribution in [0.1, 0.15) is 13.3 Å². The van der Waals surface area contributed by atoms with Gasteiger partial charge in [0.15, 0.2) is 0 Å². The lowest BCUT2D eigenvalue weighted by Crippen LogP contribution is -2.37. The van der Waals surface area contributed by atoms with Gasteiger partial charge in [0, 0.05) is 0 Å². The van der Waals surface area contributed by atoms with Crippen LogP contribution >= 0.6 is 22.8 Å². The molecule has 0 aromatic carbocycles. The first-order valence-electron chi connectivity index (χ1n) is 3.44. The van der Waals surface area contributed by atoms with E-state index in [4.69, 9.17) is 19.6 Å². The zero-order valence-corrected chi connectivity index (χ0v) is 9.65. The van der Waals surface area contributed by atoms with Crippen molar-refractivity contribution in [2.24, 2.45) is 0 Å². The summed E-state index contributed by atoms with van der Waals surface area (Å²) < 4.78 is 34.1. The van der Waals surface area contributed by atoms with Crippen LogP contribution < -0.4 is 0 Å². The fourth-order valence-corrected chi connectivity index (χ4v) is 9.11. The summed E-state index contributed by atoms with van der Waals surface area (Å²) in [5.74, 6) is 0. The lowest BCUT2D eigenvalue weighted by molar-refractivity contribution is 0.255. The Morgan fingerprint density at radius 3 is 1.71 bits per heavy atom. The van der Waals surface area contributed by atoms with Crippen LogP contribution in [0.5, 0.6) is 0 Å². The smallest absolute Gasteiger partial charge is 0.323 e. The van der Waals surface area contributed by atoms with Crippen molar-refractivity contribution in [3.63, 3.8) is 0 Å². The summed E-state index contributed by atoms with van der Waals surface area (Å²) in [6.45, 7) is 1.13. The zero-order chi connectivity index (χ0) is 11.4. The molecule has 14 heavy (non-hydrogen) atoms. The third-order valence-corrected chi connectivity index (χ3v) is 12.1. The van der Waals surface area contributed by atoms with Gasteiger partial charge in [-0.05, 0) is 6.42 Å². The lowest BCUT2D eigenvalue weighted by atomic mass is 10.6. The predicted octanol–water partition coefficient (Wildman–Crippen LogP) is 0.629. The van der Waals surface area contributed by atoms with Crippen molar-refractivity contribution in [3.05, 3.63) is 0 Å². The normalized spacial score (nSPS) is 48.6. The molecule has 2 atom stereocenters. The van der Waals surface area contributed by atoms with Gasteiger partial charge < -0.3 is 19.6 Å². The molecule has 0 spiro atoms. The second-order valence-electron chi connectivity index (χ2n) is 2.79. The highest BCUT2D eigenvalue weighted by atomic mass is 31.3. The van der Waals surface area contributed by atoms with Gasteiger partial charge in [0.05, 0.1) is 0 Å². The summed E-state index contributed by atoms with van der Waals surface area (Å²) in [7, 11) is -14.6. The highest BCUT2D eigenvalue weighted by Crippen LogP contribution is 2.98. The first-order chi connectivity index (χ1) is 6.02. The predicted molar refractivity (Wildman–Crippen MR) is 45.8 cm³/mol. The molecule has 0 bridgehead atoms. The number of rotatable bonds is 2. The topological polar surface area (TPSA) is 141 Å². The molecule has 1 fully saturated rings. The molecule has 0 amide bonds. The number of hydrogen-bond acceptors (Lipinski definition) is 4. The van der Waals surface area contributed by atoms with Crippen molar-refractivity contribution in [1.82, 2.24) is 0 Å². The Bertz CT molecular complexity index is 345. The largest absolute Gasteiger partial charge is 0.365 e. The van der Waals surface area contributed by atoms with E-state index in [1.807, 2.05) is 0 Å². The molecule has 4 N–H and O–H groups in total. The second kappa shape index (κ2) is 3.00. The van der Waals surface area contributed by atoms with Gasteiger partial charge in [-0.3, -0.25) is 13.7 Å². The molecule has 0 aliphatic carbocycles. The first kappa shape index (κ1) is 12.6. The maximum Gasteiger partial charge on any atom is 0.365 e. The Balaban J connectivity index is 3.44. The Labute approximate surface area is 79.1 Å². The van der Waals surface area contributed by atoms with Crippen LogP contribution in [-0.2, 0) is 18.0 Å². The Morgan fingerprint density at radius 2 is 1.64 bits per heavy atom. The first-order valence-corrected chi connectivity index (χ1v) is 8.21. The molecular formula is C3H9O8P3. The Kier molecular flexibility index (Phi) is 2.69. The second-order valence-corrected chi connectivity index (χ2v) is 9.97. The van der Waals surface area contributed by atoms with Gasteiger partial charge in [-0.25, -0.2) is 4.31 Å². The van der Waals surface area contributed by atoms with Crippen molar-refractivity contribution in [3.8, 4) is 0 Å². The molecule has 2 unspecified atom stereocenters. The van der Waals surface area contributed by atoms with Crippen molar-refractivity contribution >= 4 is 22.8 Å². The monoisotopic (exact) mass is 266 g/mol. The van der Waals surface area contributed by atoms with Gasteiger partial charge in [0.25, 0.3) is 4.64 Å². The van der Waals surface area contributed by atoms with Crippen LogP contribution in [0.25, 0.3) is 0 Å². The average Bonchev–Trinajstić information content (AvgIpc) is 1.79. The van der Waals surface area contributed by atoms with Gasteiger partial charge in [0.2, 0.25) is 0 Å². The van der Waals surface area contributed by atoms with Gasteiger partial charge in [0.1, 0.15) is 0 Å². The van der Waals surface area contributed by atoms with Gasteiger partial charge in [-0.15, -0.1) is 0 Å². The van der Waals surface area contributed by atoms with Crippen LogP contribution in [0.4, 0.5) is 0 Å². The maximum absolute atomic E-state index is 11.1. The summed E-state index contributed by atoms with van der Waals surface area (Å²) >= 11 is 0. The van der Waals surface area contributed by atoms with Crippen molar-refractivity contribution < 1.29 is 37.6 Å². The van der Waals surface area contributed by atoms with E-state index in [2.05, 4.69) is 4.31 Å². The zero-order valence-electron chi connectivity index (χ0n) is 6.97. The van der Waals surface area contributed by atoms with Gasteiger partial charge >= 0.3 is 22.8 Å². The van der Waals surface area contributed by atoms with E-state index >= 15 is 0 Å². The molecule has 1 heterocycles. The highest BCUT2D eigenvalue weighted by molar-refractivity contribution is 7.97. The quantitative estimate of drug-likeness (QED) is 0.533. The fraction of sp³-hybridized carbons (Fsp3) is 1.00. The van der Waals surface area contributed by atoms with Crippen LogP contribution in [0.15, 0.2) is 0 Å². The highest BCUT2D eigenvalue weighted by Gasteiger charge is 2.82. The van der Waals surface area contributed by atoms with E-state index in [1.54, 1.807) is 0 Å². The van der Waals surface area contributed by atoms with Crippen LogP contribution in [0.3, 0.4) is 0 Å². The molecule has 0 radical (unpaired) electrons. The van der Waals surface area contributed by atoms with E-state index in [0.717, 1.165) is 6.92 Å². The minimum absolute atomic E-state index is 0.612. The molecule has 1 saturated heterocycles. The SMILES string of the molecule is CCC1(P(=O)(O)O)P(=O)(O)OP1(=O)O. The van der Waals surface area contributed by atoms with Crippen LogP contribution in [-0.4, -0.2) is 24.2 Å². The van der Waals surface area contributed by atoms with E-state index in [9.17, 15) is 13.7 Å². The average molecular weight is 266 g/mol. The van der Waals surface area contributed by atoms with Gasteiger partial charge in [-0.2, -0.15) is 0 Å². The van der Waals surface area contributed by atoms with E-state index in [0.29, 0.717) is 0 Å². The molecule has 0 aromatic rings. The Hall–Kier alpha value is 0.490. The van der Waals surface area contributed by atoms with Crippen molar-refractivity contribution in [2.45, 2.75) is 18.0 Å². The van der Waals surface area contributed by atoms with E-state index in [-0.39, 0.29) is 0 Å². The van der Waals surface area contributed by atoms with Crippen molar-refractivity contribution in [2.75, 3.05) is 0 Å². The van der Waals surface area contributed by atoms with E-state index in [1.165, 1.54) is 0 Å². The number of hydrogen-bond donors (Lipinski definition) is 4. The minimum atomic E-state index is -5.20. The fourth-order valence-electron chi connectivity index (χ4n) is 1.34. The molecule has 84 valence electrons. The van der Waals surface area contributed by atoms with Crippen LogP contribution in [0.2, 0.25) is 0 Å². The molecular weight excluding hydrogens is 257 g/mol. The standard InChI is InChI=1S/C3H9O8P3/c1-2-3(12(4,5)6)13(7,8)11-14(3,9)10/h2H2,1H3,(H,7,8)(H,9,10)(H2,4,5,6). The van der Waals surface area contributed by atoms with Gasteiger partial charge in [-0.1, -0.05) is 6.92 Å². The lowest BCUT2D eigenvalue weighted by Gasteiger charge is -2.45. The third kappa shape index (κ3) is 1.24. The summed E-state index contributed by atoms with van der Waals surface area (Å²) in [5.41, 5.74) is 0. The third-order valence-electron chi connectivity index (χ3n) is 2.07. The summed E-state index contributed by atoms with van der Waals surface area (Å²) in [6, 6.07) is 0. The molecule has 0 aromatic heterocycles. The Morgan fingerprint density at radius 1 is 1.29 bits per heavy atom. The molecule has 1 rings (SSSR count).